The van der Waals surface area contributed by atoms with Gasteiger partial charge in [-0.1, -0.05) is 0 Å². The van der Waals surface area contributed by atoms with Gasteiger partial charge in [0, 0.05) is 6.07 Å². The van der Waals surface area contributed by atoms with E-state index in [2.05, 4.69) is 10.4 Å². The molecule has 13 heavy (non-hydrogen) atoms. The van der Waals surface area contributed by atoms with Crippen LogP contribution in [0.25, 0.3) is 0 Å². The number of nitrogens with one attached hydrogen (secondary N) is 1. The molecule has 1 heterocycles. The summed E-state index contributed by atoms with van der Waals surface area (Å²) in [5.41, 5.74) is 6.33. The molecular formula is C8H14N4O. The number of aromatic nitrogens is 2. The van der Waals surface area contributed by atoms with Gasteiger partial charge in [0.1, 0.15) is 5.82 Å². The third-order valence-corrected chi connectivity index (χ3v) is 1.87. The van der Waals surface area contributed by atoms with Gasteiger partial charge in [-0.3, -0.25) is 4.79 Å². The molecule has 0 aliphatic heterocycles. The van der Waals surface area contributed by atoms with Crippen LogP contribution in [0.2, 0.25) is 0 Å². The fraction of sp³-hybridized carbons (Fsp3) is 0.500. The number of nitrogens with zero attached hydrogens (tertiary/aromatic N) is 2. The molecule has 72 valence electrons. The van der Waals surface area contributed by atoms with E-state index in [4.69, 9.17) is 5.73 Å². The first kappa shape index (κ1) is 9.73. The second kappa shape index (κ2) is 3.57. The summed E-state index contributed by atoms with van der Waals surface area (Å²) in [7, 11) is 1.72. The van der Waals surface area contributed by atoms with Gasteiger partial charge in [0.25, 0.3) is 5.91 Å². The van der Waals surface area contributed by atoms with Crippen molar-refractivity contribution >= 4 is 11.7 Å². The molecule has 1 atom stereocenters. The molecule has 0 amide bonds. The quantitative estimate of drug-likeness (QED) is 0.676. The molecule has 0 aromatic carbocycles. The number of rotatable bonds is 2. The van der Waals surface area contributed by atoms with Gasteiger partial charge in [-0.05, 0) is 20.9 Å². The molecule has 0 aliphatic rings. The van der Waals surface area contributed by atoms with E-state index in [0.717, 1.165) is 5.69 Å². The summed E-state index contributed by atoms with van der Waals surface area (Å²) < 4.78 is 1.22. The van der Waals surface area contributed by atoms with Crippen molar-refractivity contribution in [2.24, 2.45) is 0 Å². The van der Waals surface area contributed by atoms with Gasteiger partial charge in [0.2, 0.25) is 0 Å². The number of hydrogen-bond acceptors (Lipinski definition) is 4. The lowest BCUT2D eigenvalue weighted by Gasteiger charge is -2.09. The van der Waals surface area contributed by atoms with Gasteiger partial charge in [-0.15, -0.1) is 0 Å². The Hall–Kier alpha value is -1.36. The second-order valence-corrected chi connectivity index (χ2v) is 2.97. The lowest BCUT2D eigenvalue weighted by Crippen LogP contribution is -2.35. The summed E-state index contributed by atoms with van der Waals surface area (Å²) in [6.07, 6.45) is 0. The zero-order valence-corrected chi connectivity index (χ0v) is 8.03. The first-order valence-corrected chi connectivity index (χ1v) is 4.10. The van der Waals surface area contributed by atoms with E-state index in [1.165, 1.54) is 4.68 Å². The number of nitrogens with two attached hydrogens (primary N) is 1. The first-order chi connectivity index (χ1) is 6.06. The van der Waals surface area contributed by atoms with Crippen LogP contribution in [-0.4, -0.2) is 28.8 Å². The fourth-order valence-electron chi connectivity index (χ4n) is 1.00. The Labute approximate surface area is 76.9 Å². The van der Waals surface area contributed by atoms with Crippen molar-refractivity contribution in [3.63, 3.8) is 0 Å². The van der Waals surface area contributed by atoms with Gasteiger partial charge in [0.05, 0.1) is 11.7 Å². The number of hydrogen-bond donors (Lipinski definition) is 2. The van der Waals surface area contributed by atoms with Crippen LogP contribution in [0.5, 0.6) is 0 Å². The van der Waals surface area contributed by atoms with Crippen molar-refractivity contribution in [3.05, 3.63) is 11.8 Å². The molecule has 0 aliphatic carbocycles. The minimum Gasteiger partial charge on any atom is -0.383 e. The van der Waals surface area contributed by atoms with Gasteiger partial charge in [-0.2, -0.15) is 9.78 Å². The van der Waals surface area contributed by atoms with E-state index >= 15 is 0 Å². The molecule has 0 bridgehead atoms. The highest BCUT2D eigenvalue weighted by molar-refractivity contribution is 5.85. The predicted molar refractivity (Wildman–Crippen MR) is 50.5 cm³/mol. The summed E-state index contributed by atoms with van der Waals surface area (Å²) in [5.74, 6) is 0.234. The standard InChI is InChI=1S/C8H14N4O/c1-5-4-7(9)12(11-5)8(13)6(2)10-3/h4,6,10H,9H2,1-3H3. The van der Waals surface area contributed by atoms with Gasteiger partial charge in [0.15, 0.2) is 0 Å². The van der Waals surface area contributed by atoms with Crippen LogP contribution in [0.3, 0.4) is 0 Å². The summed E-state index contributed by atoms with van der Waals surface area (Å²) >= 11 is 0. The third kappa shape index (κ3) is 1.86. The molecule has 5 nitrogen and oxygen atoms in total. The Kier molecular flexibility index (Phi) is 2.67. The lowest BCUT2D eigenvalue weighted by molar-refractivity contribution is 0.0859. The molecule has 1 unspecified atom stereocenters. The number of likely N-dealkylation sites (N-methyl/N-ethyl adjacent to an activating group) is 1. The maximum Gasteiger partial charge on any atom is 0.265 e. The highest BCUT2D eigenvalue weighted by Crippen LogP contribution is 2.05. The smallest absolute Gasteiger partial charge is 0.265 e. The van der Waals surface area contributed by atoms with Gasteiger partial charge in [-0.25, -0.2) is 0 Å². The molecule has 0 saturated carbocycles. The monoisotopic (exact) mass is 182 g/mol. The Bertz CT molecular complexity index is 318. The highest BCUT2D eigenvalue weighted by Gasteiger charge is 2.16. The van der Waals surface area contributed by atoms with E-state index in [9.17, 15) is 4.79 Å². The van der Waals surface area contributed by atoms with Crippen molar-refractivity contribution in [2.45, 2.75) is 19.9 Å². The Morgan fingerprint density at radius 2 is 2.38 bits per heavy atom. The largest absolute Gasteiger partial charge is 0.383 e. The normalized spacial score (nSPS) is 12.8. The van der Waals surface area contributed by atoms with Crippen LogP contribution >= 0.6 is 0 Å². The van der Waals surface area contributed by atoms with E-state index in [1.54, 1.807) is 27.0 Å². The molecule has 3 N–H and O–H groups in total. The average Bonchev–Trinajstić information content (AvgIpc) is 2.42. The number of carbonyl (C=O) groups is 1. The van der Waals surface area contributed by atoms with Crippen molar-refractivity contribution in [1.29, 1.82) is 0 Å². The molecule has 1 aromatic heterocycles. The van der Waals surface area contributed by atoms with Gasteiger partial charge >= 0.3 is 0 Å². The third-order valence-electron chi connectivity index (χ3n) is 1.87. The van der Waals surface area contributed by atoms with Crippen LogP contribution in [0, 0.1) is 6.92 Å². The minimum atomic E-state index is -0.276. The Morgan fingerprint density at radius 1 is 1.77 bits per heavy atom. The highest BCUT2D eigenvalue weighted by atomic mass is 16.2. The zero-order chi connectivity index (χ0) is 10.0. The summed E-state index contributed by atoms with van der Waals surface area (Å²) in [5, 5.41) is 6.82. The molecule has 0 fully saturated rings. The van der Waals surface area contributed by atoms with Crippen molar-refractivity contribution in [2.75, 3.05) is 12.8 Å². The van der Waals surface area contributed by atoms with E-state index in [-0.39, 0.29) is 11.9 Å². The zero-order valence-electron chi connectivity index (χ0n) is 8.03. The lowest BCUT2D eigenvalue weighted by atomic mass is 10.3. The molecule has 1 rings (SSSR count). The SMILES string of the molecule is CNC(C)C(=O)n1nc(C)cc1N. The van der Waals surface area contributed by atoms with Crippen LogP contribution in [0.15, 0.2) is 6.07 Å². The van der Waals surface area contributed by atoms with Crippen LogP contribution in [0.4, 0.5) is 5.82 Å². The van der Waals surface area contributed by atoms with Crippen molar-refractivity contribution in [1.82, 2.24) is 15.1 Å². The number of carbonyl (C=O) groups excluding carboxylic acids is 1. The average molecular weight is 182 g/mol. The topological polar surface area (TPSA) is 72.9 Å². The fourth-order valence-corrected chi connectivity index (χ4v) is 1.00. The summed E-state index contributed by atoms with van der Waals surface area (Å²) in [6, 6.07) is 1.39. The van der Waals surface area contributed by atoms with Crippen LogP contribution in [-0.2, 0) is 0 Å². The Morgan fingerprint density at radius 3 is 2.77 bits per heavy atom. The number of anilines is 1. The second-order valence-electron chi connectivity index (χ2n) is 2.97. The van der Waals surface area contributed by atoms with Gasteiger partial charge < -0.3 is 11.1 Å². The first-order valence-electron chi connectivity index (χ1n) is 4.10. The van der Waals surface area contributed by atoms with E-state index in [0.29, 0.717) is 5.82 Å². The molecule has 0 radical (unpaired) electrons. The minimum absolute atomic E-state index is 0.145. The predicted octanol–water partition coefficient (Wildman–Crippen LogP) is 0.0218. The van der Waals surface area contributed by atoms with Crippen molar-refractivity contribution < 1.29 is 4.79 Å². The Balaban J connectivity index is 2.94. The summed E-state index contributed by atoms with van der Waals surface area (Å²) in [6.45, 7) is 3.56. The van der Waals surface area contributed by atoms with Crippen LogP contribution < -0.4 is 11.1 Å². The number of nitrogen functional groups attached to an aromatic ring is 1. The molecule has 0 saturated heterocycles. The molecular weight excluding hydrogens is 168 g/mol. The molecule has 1 aromatic rings. The maximum atomic E-state index is 11.6. The van der Waals surface area contributed by atoms with E-state index < -0.39 is 0 Å². The molecule has 5 heteroatoms. The summed E-state index contributed by atoms with van der Waals surface area (Å²) in [4.78, 5) is 11.6. The molecule has 0 spiro atoms. The van der Waals surface area contributed by atoms with E-state index in [1.807, 2.05) is 0 Å². The number of aryl methyl sites for hydroxylation is 1. The maximum absolute atomic E-state index is 11.6. The van der Waals surface area contributed by atoms with Crippen molar-refractivity contribution in [3.8, 4) is 0 Å². The van der Waals surface area contributed by atoms with Crippen LogP contribution in [0.1, 0.15) is 17.4 Å².